The SMILES string of the molecule is CN(Cc1ccccc1)Cc1c(O)ccc2c(=O)c(-c3ccccc3)coc12. The minimum absolute atomic E-state index is 0.0978. The molecule has 28 heavy (non-hydrogen) atoms. The van der Waals surface area contributed by atoms with Crippen molar-refractivity contribution in [2.45, 2.75) is 13.1 Å². The van der Waals surface area contributed by atoms with Gasteiger partial charge in [0.25, 0.3) is 0 Å². The third kappa shape index (κ3) is 3.55. The second-order valence-corrected chi connectivity index (χ2v) is 6.94. The summed E-state index contributed by atoms with van der Waals surface area (Å²) in [6, 6.07) is 22.8. The van der Waals surface area contributed by atoms with E-state index in [2.05, 4.69) is 17.0 Å². The molecule has 4 aromatic rings. The number of nitrogens with zero attached hydrogens (tertiary/aromatic N) is 1. The van der Waals surface area contributed by atoms with Crippen molar-refractivity contribution in [1.82, 2.24) is 4.90 Å². The second kappa shape index (κ2) is 7.71. The van der Waals surface area contributed by atoms with E-state index in [-0.39, 0.29) is 11.2 Å². The number of aromatic hydroxyl groups is 1. The average molecular weight is 371 g/mol. The zero-order valence-electron chi connectivity index (χ0n) is 15.6. The van der Waals surface area contributed by atoms with Gasteiger partial charge in [0.1, 0.15) is 17.6 Å². The quantitative estimate of drug-likeness (QED) is 0.548. The van der Waals surface area contributed by atoms with E-state index >= 15 is 0 Å². The highest BCUT2D eigenvalue weighted by Gasteiger charge is 2.16. The van der Waals surface area contributed by atoms with Gasteiger partial charge in [-0.15, -0.1) is 0 Å². The summed E-state index contributed by atoms with van der Waals surface area (Å²) in [6.45, 7) is 1.19. The Bertz CT molecular complexity index is 1150. The van der Waals surface area contributed by atoms with E-state index in [4.69, 9.17) is 4.42 Å². The van der Waals surface area contributed by atoms with Crippen LogP contribution in [0.3, 0.4) is 0 Å². The van der Waals surface area contributed by atoms with Crippen molar-refractivity contribution >= 4 is 11.0 Å². The third-order valence-corrected chi connectivity index (χ3v) is 4.83. The fraction of sp³-hybridized carbons (Fsp3) is 0.125. The molecule has 140 valence electrons. The highest BCUT2D eigenvalue weighted by molar-refractivity contribution is 5.85. The molecule has 0 saturated heterocycles. The molecule has 4 rings (SSSR count). The summed E-state index contributed by atoms with van der Waals surface area (Å²) in [6.07, 6.45) is 1.49. The number of fused-ring (bicyclic) bond motifs is 1. The van der Waals surface area contributed by atoms with Crippen molar-refractivity contribution in [3.05, 3.63) is 100 Å². The third-order valence-electron chi connectivity index (χ3n) is 4.83. The Balaban J connectivity index is 1.72. The minimum Gasteiger partial charge on any atom is -0.507 e. The standard InChI is InChI=1S/C24H21NO3/c1-25(14-17-8-4-2-5-9-17)15-20-22(26)13-12-19-23(27)21(16-28-24(19)20)18-10-6-3-7-11-18/h2-13,16,26H,14-15H2,1H3. The van der Waals surface area contributed by atoms with Crippen LogP contribution in [0.4, 0.5) is 0 Å². The molecule has 4 nitrogen and oxygen atoms in total. The number of rotatable bonds is 5. The Labute approximate surface area is 163 Å². The topological polar surface area (TPSA) is 53.7 Å². The van der Waals surface area contributed by atoms with Crippen LogP contribution in [0.1, 0.15) is 11.1 Å². The van der Waals surface area contributed by atoms with E-state index in [0.29, 0.717) is 28.6 Å². The van der Waals surface area contributed by atoms with Gasteiger partial charge in [-0.1, -0.05) is 60.7 Å². The van der Waals surface area contributed by atoms with Crippen LogP contribution in [0, 0.1) is 0 Å². The predicted octanol–water partition coefficient (Wildman–Crippen LogP) is 4.80. The smallest absolute Gasteiger partial charge is 0.200 e. The van der Waals surface area contributed by atoms with Gasteiger partial charge < -0.3 is 9.52 Å². The molecule has 0 fully saturated rings. The molecule has 0 aliphatic carbocycles. The fourth-order valence-corrected chi connectivity index (χ4v) is 3.44. The first-order valence-corrected chi connectivity index (χ1v) is 9.18. The highest BCUT2D eigenvalue weighted by Crippen LogP contribution is 2.29. The van der Waals surface area contributed by atoms with Crippen molar-refractivity contribution in [2.24, 2.45) is 0 Å². The lowest BCUT2D eigenvalue weighted by atomic mass is 10.0. The monoisotopic (exact) mass is 371 g/mol. The van der Waals surface area contributed by atoms with Crippen LogP contribution < -0.4 is 5.43 Å². The van der Waals surface area contributed by atoms with Crippen molar-refractivity contribution in [2.75, 3.05) is 7.05 Å². The molecule has 0 radical (unpaired) electrons. The Morgan fingerprint density at radius 1 is 0.893 bits per heavy atom. The normalized spacial score (nSPS) is 11.2. The van der Waals surface area contributed by atoms with Gasteiger partial charge >= 0.3 is 0 Å². The number of phenolic OH excluding ortho intramolecular Hbond substituents is 1. The van der Waals surface area contributed by atoms with Crippen molar-refractivity contribution in [1.29, 1.82) is 0 Å². The van der Waals surface area contributed by atoms with Crippen LogP contribution in [-0.4, -0.2) is 17.1 Å². The Hall–Kier alpha value is -3.37. The molecule has 0 spiro atoms. The summed E-state index contributed by atoms with van der Waals surface area (Å²) in [5.74, 6) is 0.128. The molecule has 0 amide bonds. The van der Waals surface area contributed by atoms with Crippen LogP contribution in [-0.2, 0) is 13.1 Å². The lowest BCUT2D eigenvalue weighted by molar-refractivity contribution is 0.312. The first kappa shape index (κ1) is 18.0. The molecule has 0 saturated carbocycles. The lowest BCUT2D eigenvalue weighted by Gasteiger charge is -2.18. The van der Waals surface area contributed by atoms with Gasteiger partial charge in [0, 0.05) is 13.1 Å². The van der Waals surface area contributed by atoms with Gasteiger partial charge in [-0.2, -0.15) is 0 Å². The zero-order valence-corrected chi connectivity index (χ0v) is 15.6. The Morgan fingerprint density at radius 2 is 1.57 bits per heavy atom. The van der Waals surface area contributed by atoms with Gasteiger partial charge in [0.2, 0.25) is 5.43 Å². The number of phenols is 1. The number of hydrogen-bond donors (Lipinski definition) is 1. The fourth-order valence-electron chi connectivity index (χ4n) is 3.44. The van der Waals surface area contributed by atoms with E-state index in [1.54, 1.807) is 12.1 Å². The van der Waals surface area contributed by atoms with Crippen molar-refractivity contribution in [3.8, 4) is 16.9 Å². The van der Waals surface area contributed by atoms with Crippen LogP contribution in [0.2, 0.25) is 0 Å². The Morgan fingerprint density at radius 3 is 2.29 bits per heavy atom. The molecule has 0 unspecified atom stereocenters. The van der Waals surface area contributed by atoms with Crippen molar-refractivity contribution in [3.63, 3.8) is 0 Å². The van der Waals surface area contributed by atoms with E-state index in [1.807, 2.05) is 55.6 Å². The first-order chi connectivity index (χ1) is 13.6. The largest absolute Gasteiger partial charge is 0.507 e. The van der Waals surface area contributed by atoms with Crippen LogP contribution in [0.25, 0.3) is 22.1 Å². The van der Waals surface area contributed by atoms with Gasteiger partial charge in [-0.25, -0.2) is 0 Å². The second-order valence-electron chi connectivity index (χ2n) is 6.94. The molecular formula is C24H21NO3. The van der Waals surface area contributed by atoms with E-state index < -0.39 is 0 Å². The average Bonchev–Trinajstić information content (AvgIpc) is 2.72. The van der Waals surface area contributed by atoms with Crippen LogP contribution in [0.5, 0.6) is 5.75 Å². The van der Waals surface area contributed by atoms with Crippen LogP contribution in [0.15, 0.2) is 88.3 Å². The Kier molecular flexibility index (Phi) is 4.96. The highest BCUT2D eigenvalue weighted by atomic mass is 16.3. The molecule has 0 atom stereocenters. The summed E-state index contributed by atoms with van der Waals surface area (Å²) in [7, 11) is 1.97. The molecule has 1 N–H and O–H groups in total. The maximum Gasteiger partial charge on any atom is 0.200 e. The van der Waals surface area contributed by atoms with Gasteiger partial charge in [-0.05, 0) is 30.3 Å². The lowest BCUT2D eigenvalue weighted by Crippen LogP contribution is -2.18. The molecule has 0 aliphatic heterocycles. The van der Waals surface area contributed by atoms with Gasteiger partial charge in [-0.3, -0.25) is 9.69 Å². The summed E-state index contributed by atoms with van der Waals surface area (Å²) >= 11 is 0. The van der Waals surface area contributed by atoms with E-state index in [0.717, 1.165) is 12.1 Å². The minimum atomic E-state index is -0.0978. The van der Waals surface area contributed by atoms with Gasteiger partial charge in [0.05, 0.1) is 16.5 Å². The molecule has 1 aromatic heterocycles. The molecule has 0 aliphatic rings. The summed E-state index contributed by atoms with van der Waals surface area (Å²) in [5, 5.41) is 10.9. The zero-order chi connectivity index (χ0) is 19.5. The molecular weight excluding hydrogens is 350 g/mol. The molecule has 4 heteroatoms. The van der Waals surface area contributed by atoms with Crippen LogP contribution >= 0.6 is 0 Å². The first-order valence-electron chi connectivity index (χ1n) is 9.18. The summed E-state index contributed by atoms with van der Waals surface area (Å²) < 4.78 is 5.85. The molecule has 3 aromatic carbocycles. The maximum atomic E-state index is 13.0. The number of hydrogen-bond acceptors (Lipinski definition) is 4. The van der Waals surface area contributed by atoms with Gasteiger partial charge in [0.15, 0.2) is 0 Å². The molecule has 1 heterocycles. The summed E-state index contributed by atoms with van der Waals surface area (Å²) in [4.78, 5) is 15.1. The maximum absolute atomic E-state index is 13.0. The number of benzene rings is 3. The predicted molar refractivity (Wildman–Crippen MR) is 111 cm³/mol. The van der Waals surface area contributed by atoms with E-state index in [1.165, 1.54) is 11.8 Å². The molecule has 0 bridgehead atoms. The van der Waals surface area contributed by atoms with E-state index in [9.17, 15) is 9.90 Å². The van der Waals surface area contributed by atoms with Crippen molar-refractivity contribution < 1.29 is 9.52 Å². The summed E-state index contributed by atoms with van der Waals surface area (Å²) in [5.41, 5.74) is 3.46.